The molecule has 5 nitrogen and oxygen atoms in total. The van der Waals surface area contributed by atoms with Crippen molar-refractivity contribution in [1.29, 1.82) is 0 Å². The van der Waals surface area contributed by atoms with Gasteiger partial charge in [-0.05, 0) is 36.5 Å². The highest BCUT2D eigenvalue weighted by molar-refractivity contribution is 5.94. The van der Waals surface area contributed by atoms with E-state index in [2.05, 4.69) is 12.1 Å². The second-order valence-corrected chi connectivity index (χ2v) is 7.62. The molecular formula is C24H23NO4. The molecule has 1 N–H and O–H groups in total. The lowest BCUT2D eigenvalue weighted by atomic mass is 9.80. The third kappa shape index (κ3) is 3.12. The van der Waals surface area contributed by atoms with Gasteiger partial charge in [-0.3, -0.25) is 4.79 Å². The Kier molecular flexibility index (Phi) is 4.74. The Bertz CT molecular complexity index is 1160. The summed E-state index contributed by atoms with van der Waals surface area (Å²) in [5.41, 5.74) is 4.52. The maximum Gasteiger partial charge on any atom is 0.347 e. The number of esters is 1. The summed E-state index contributed by atoms with van der Waals surface area (Å²) < 4.78 is 6.41. The predicted molar refractivity (Wildman–Crippen MR) is 112 cm³/mol. The van der Waals surface area contributed by atoms with Crippen molar-refractivity contribution < 1.29 is 14.6 Å². The molecule has 0 amide bonds. The minimum atomic E-state index is -0.820. The monoisotopic (exact) mass is 389 g/mol. The molecule has 1 aliphatic rings. The topological polar surface area (TPSA) is 68.5 Å². The van der Waals surface area contributed by atoms with Crippen molar-refractivity contribution >= 4 is 5.97 Å². The van der Waals surface area contributed by atoms with Crippen molar-refractivity contribution in [3.05, 3.63) is 86.7 Å². The maximum atomic E-state index is 13.4. The minimum absolute atomic E-state index is 0.0498. The molecule has 5 heteroatoms. The van der Waals surface area contributed by atoms with Crippen LogP contribution in [0.1, 0.15) is 45.5 Å². The van der Waals surface area contributed by atoms with E-state index in [-0.39, 0.29) is 17.2 Å². The van der Waals surface area contributed by atoms with Crippen molar-refractivity contribution in [2.45, 2.75) is 32.7 Å². The summed E-state index contributed by atoms with van der Waals surface area (Å²) in [7, 11) is 1.21. The van der Waals surface area contributed by atoms with Gasteiger partial charge in [-0.1, -0.05) is 55.0 Å². The van der Waals surface area contributed by atoms with Crippen molar-refractivity contribution in [2.24, 2.45) is 0 Å². The highest BCUT2D eigenvalue weighted by atomic mass is 16.5. The standard InChI is InChI=1S/C24H23NO4/c1-14-9-10-17-12-15(2)19-21(18(17)11-14)25(13-16-7-5-4-6-8-16)23(27)20(22(19)26)24(28)29-3/h4-11,15,26H,12-13H2,1-3H3. The van der Waals surface area contributed by atoms with Crippen molar-refractivity contribution in [1.82, 2.24) is 4.57 Å². The molecule has 0 saturated heterocycles. The van der Waals surface area contributed by atoms with Crippen LogP contribution in [0.2, 0.25) is 0 Å². The van der Waals surface area contributed by atoms with E-state index in [0.717, 1.165) is 28.7 Å². The second-order valence-electron chi connectivity index (χ2n) is 7.62. The van der Waals surface area contributed by atoms with Gasteiger partial charge in [0.15, 0.2) is 5.56 Å². The molecule has 0 radical (unpaired) electrons. The number of hydrogen-bond acceptors (Lipinski definition) is 4. The zero-order valence-electron chi connectivity index (χ0n) is 16.7. The molecule has 29 heavy (non-hydrogen) atoms. The highest BCUT2D eigenvalue weighted by Gasteiger charge is 2.33. The van der Waals surface area contributed by atoms with E-state index < -0.39 is 11.5 Å². The molecule has 0 spiro atoms. The van der Waals surface area contributed by atoms with Crippen LogP contribution in [0, 0.1) is 6.92 Å². The Hall–Kier alpha value is -3.34. The van der Waals surface area contributed by atoms with E-state index in [9.17, 15) is 14.7 Å². The summed E-state index contributed by atoms with van der Waals surface area (Å²) in [4.78, 5) is 25.7. The van der Waals surface area contributed by atoms with Crippen LogP contribution in [-0.2, 0) is 17.7 Å². The molecule has 2 aromatic carbocycles. The smallest absolute Gasteiger partial charge is 0.347 e. The van der Waals surface area contributed by atoms with E-state index in [0.29, 0.717) is 17.8 Å². The number of aryl methyl sites for hydroxylation is 1. The molecule has 4 rings (SSSR count). The van der Waals surface area contributed by atoms with Crippen LogP contribution in [0.15, 0.2) is 53.3 Å². The van der Waals surface area contributed by atoms with Crippen LogP contribution in [0.5, 0.6) is 5.75 Å². The Morgan fingerprint density at radius 1 is 1.21 bits per heavy atom. The third-order valence-corrected chi connectivity index (χ3v) is 5.59. The van der Waals surface area contributed by atoms with Gasteiger partial charge in [0.05, 0.1) is 19.3 Å². The number of methoxy groups -OCH3 is 1. The summed E-state index contributed by atoms with van der Waals surface area (Å²) in [6.45, 7) is 4.30. The molecule has 0 aliphatic heterocycles. The van der Waals surface area contributed by atoms with E-state index >= 15 is 0 Å². The van der Waals surface area contributed by atoms with Gasteiger partial charge in [0.1, 0.15) is 5.75 Å². The summed E-state index contributed by atoms with van der Waals surface area (Å²) in [6.07, 6.45) is 0.723. The Morgan fingerprint density at radius 3 is 2.62 bits per heavy atom. The fraction of sp³-hybridized carbons (Fsp3) is 0.250. The maximum absolute atomic E-state index is 13.4. The Morgan fingerprint density at radius 2 is 1.93 bits per heavy atom. The average Bonchev–Trinajstić information content (AvgIpc) is 2.71. The first-order valence-corrected chi connectivity index (χ1v) is 9.64. The first-order chi connectivity index (χ1) is 13.9. The SMILES string of the molecule is COC(=O)c1c(O)c2c(n(Cc3ccccc3)c1=O)-c1cc(C)ccc1CC2C. The largest absolute Gasteiger partial charge is 0.506 e. The number of benzene rings is 2. The van der Waals surface area contributed by atoms with Gasteiger partial charge in [-0.25, -0.2) is 4.79 Å². The summed E-state index contributed by atoms with van der Waals surface area (Å²) in [5.74, 6) is -1.13. The Labute approximate surface area is 169 Å². The molecular weight excluding hydrogens is 366 g/mol. The van der Waals surface area contributed by atoms with Crippen molar-refractivity contribution in [3.8, 4) is 17.0 Å². The molecule has 1 atom stereocenters. The fourth-order valence-electron chi connectivity index (χ4n) is 4.21. The van der Waals surface area contributed by atoms with Gasteiger partial charge in [0.2, 0.25) is 0 Å². The number of carbonyl (C=O) groups excluding carboxylic acids is 1. The molecule has 0 bridgehead atoms. The van der Waals surface area contributed by atoms with Gasteiger partial charge in [0.25, 0.3) is 5.56 Å². The van der Waals surface area contributed by atoms with Crippen LogP contribution in [0.25, 0.3) is 11.3 Å². The quantitative estimate of drug-likeness (QED) is 0.687. The molecule has 1 heterocycles. The van der Waals surface area contributed by atoms with E-state index in [4.69, 9.17) is 4.74 Å². The van der Waals surface area contributed by atoms with Gasteiger partial charge in [-0.15, -0.1) is 0 Å². The number of ether oxygens (including phenoxy) is 1. The summed E-state index contributed by atoms with van der Waals surface area (Å²) in [6, 6.07) is 15.8. The van der Waals surface area contributed by atoms with Crippen LogP contribution in [0.3, 0.4) is 0 Å². The average molecular weight is 389 g/mol. The normalized spacial score (nSPS) is 14.8. The molecule has 0 fully saturated rings. The van der Waals surface area contributed by atoms with Crippen molar-refractivity contribution in [2.75, 3.05) is 7.11 Å². The lowest BCUT2D eigenvalue weighted by Gasteiger charge is -2.30. The first-order valence-electron chi connectivity index (χ1n) is 9.64. The van der Waals surface area contributed by atoms with Gasteiger partial charge < -0.3 is 14.4 Å². The van der Waals surface area contributed by atoms with Gasteiger partial charge in [0, 0.05) is 11.1 Å². The van der Waals surface area contributed by atoms with Gasteiger partial charge in [-0.2, -0.15) is 0 Å². The highest BCUT2D eigenvalue weighted by Crippen LogP contribution is 2.44. The van der Waals surface area contributed by atoms with Crippen LogP contribution in [0.4, 0.5) is 0 Å². The summed E-state index contributed by atoms with van der Waals surface area (Å²) >= 11 is 0. The fourth-order valence-corrected chi connectivity index (χ4v) is 4.21. The molecule has 1 aromatic heterocycles. The number of aromatic nitrogens is 1. The predicted octanol–water partition coefficient (Wildman–Crippen LogP) is 4.02. The molecule has 148 valence electrons. The molecule has 1 unspecified atom stereocenters. The zero-order valence-corrected chi connectivity index (χ0v) is 16.7. The zero-order chi connectivity index (χ0) is 20.7. The molecule has 0 saturated carbocycles. The van der Waals surface area contributed by atoms with Crippen molar-refractivity contribution in [3.63, 3.8) is 0 Å². The summed E-state index contributed by atoms with van der Waals surface area (Å²) in [5, 5.41) is 11.0. The number of aromatic hydroxyl groups is 1. The lowest BCUT2D eigenvalue weighted by Crippen LogP contribution is -2.32. The van der Waals surface area contributed by atoms with Crippen LogP contribution < -0.4 is 5.56 Å². The van der Waals surface area contributed by atoms with Crippen LogP contribution >= 0.6 is 0 Å². The first kappa shape index (κ1) is 19.0. The van der Waals surface area contributed by atoms with E-state index in [1.54, 1.807) is 4.57 Å². The van der Waals surface area contributed by atoms with Crippen LogP contribution in [-0.4, -0.2) is 22.8 Å². The van der Waals surface area contributed by atoms with E-state index in [1.165, 1.54) is 7.11 Å². The molecule has 3 aromatic rings. The number of rotatable bonds is 3. The lowest BCUT2D eigenvalue weighted by molar-refractivity contribution is 0.0594. The van der Waals surface area contributed by atoms with Gasteiger partial charge >= 0.3 is 5.97 Å². The Balaban J connectivity index is 2.09. The van der Waals surface area contributed by atoms with E-state index in [1.807, 2.05) is 50.2 Å². The number of fused-ring (bicyclic) bond motifs is 3. The molecule has 1 aliphatic carbocycles. The number of pyridine rings is 1. The third-order valence-electron chi connectivity index (χ3n) is 5.59. The second kappa shape index (κ2) is 7.24. The minimum Gasteiger partial charge on any atom is -0.506 e. The number of carbonyl (C=O) groups is 1. The number of hydrogen-bond donors (Lipinski definition) is 1. The number of nitrogens with zero attached hydrogens (tertiary/aromatic N) is 1.